The van der Waals surface area contributed by atoms with E-state index in [1.54, 1.807) is 18.3 Å². The van der Waals surface area contributed by atoms with Gasteiger partial charge in [-0.05, 0) is 41.8 Å². The summed E-state index contributed by atoms with van der Waals surface area (Å²) in [5.74, 6) is 0.690. The molecule has 0 aliphatic rings. The molecule has 1 heterocycles. The number of hydrogen-bond donors (Lipinski definition) is 0. The highest BCUT2D eigenvalue weighted by molar-refractivity contribution is 5.73. The van der Waals surface area contributed by atoms with Crippen LogP contribution in [0.4, 0.5) is 0 Å². The van der Waals surface area contributed by atoms with Gasteiger partial charge in [0.25, 0.3) is 0 Å². The van der Waals surface area contributed by atoms with E-state index >= 15 is 0 Å². The average molecular weight is 281 g/mol. The molecule has 0 saturated carbocycles. The predicted octanol–water partition coefficient (Wildman–Crippen LogP) is 4.20. The molecule has 1 aromatic carbocycles. The lowest BCUT2D eigenvalue weighted by molar-refractivity contribution is -0.135. The fourth-order valence-electron chi connectivity index (χ4n) is 1.81. The minimum absolute atomic E-state index is 0.193. The number of nitrogens with zero attached hydrogens (tertiary/aromatic N) is 1. The summed E-state index contributed by atoms with van der Waals surface area (Å²) in [7, 11) is 0. The van der Waals surface area contributed by atoms with E-state index in [0.717, 1.165) is 11.3 Å². The maximum Gasteiger partial charge on any atom is 0.311 e. The lowest BCUT2D eigenvalue weighted by atomic mass is 10.1. The highest BCUT2D eigenvalue weighted by atomic mass is 16.5. The Bertz CT molecular complexity index is 601. The first-order chi connectivity index (χ1) is 10.1. The van der Waals surface area contributed by atoms with Crippen molar-refractivity contribution in [3.63, 3.8) is 0 Å². The second-order valence-electron chi connectivity index (χ2n) is 5.23. The average Bonchev–Trinajstić information content (AvgIpc) is 2.47. The number of ether oxygens (including phenoxy) is 1. The number of carbonyl (C=O) groups excluding carboxylic acids is 1. The lowest BCUT2D eigenvalue weighted by Crippen LogP contribution is -2.10. The van der Waals surface area contributed by atoms with Gasteiger partial charge in [-0.25, -0.2) is 0 Å². The largest absolute Gasteiger partial charge is 0.427 e. The molecule has 0 aliphatic heterocycles. The summed E-state index contributed by atoms with van der Waals surface area (Å²) in [5.41, 5.74) is 1.94. The summed E-state index contributed by atoms with van der Waals surface area (Å²) in [4.78, 5) is 15.8. The molecule has 0 radical (unpaired) electrons. The third-order valence-corrected chi connectivity index (χ3v) is 2.82. The molecule has 0 fully saturated rings. The predicted molar refractivity (Wildman–Crippen MR) is 84.7 cm³/mol. The van der Waals surface area contributed by atoms with Crippen LogP contribution < -0.4 is 4.74 Å². The second-order valence-corrected chi connectivity index (χ2v) is 5.23. The normalized spacial score (nSPS) is 11.0. The maximum atomic E-state index is 11.6. The first kappa shape index (κ1) is 15.0. The van der Waals surface area contributed by atoms with Crippen LogP contribution in [-0.4, -0.2) is 11.0 Å². The van der Waals surface area contributed by atoms with Crippen molar-refractivity contribution in [2.75, 3.05) is 0 Å². The Balaban J connectivity index is 1.96. The Morgan fingerprint density at radius 2 is 1.90 bits per heavy atom. The van der Waals surface area contributed by atoms with Gasteiger partial charge in [-0.1, -0.05) is 38.1 Å². The van der Waals surface area contributed by atoms with Crippen LogP contribution in [-0.2, 0) is 4.79 Å². The van der Waals surface area contributed by atoms with Crippen molar-refractivity contribution < 1.29 is 9.53 Å². The molecule has 0 saturated heterocycles. The number of benzene rings is 1. The summed E-state index contributed by atoms with van der Waals surface area (Å²) < 4.78 is 5.27. The molecule has 3 nitrogen and oxygen atoms in total. The quantitative estimate of drug-likeness (QED) is 0.609. The van der Waals surface area contributed by atoms with Crippen molar-refractivity contribution in [2.45, 2.75) is 20.3 Å². The van der Waals surface area contributed by atoms with Crippen molar-refractivity contribution in [3.05, 3.63) is 59.9 Å². The molecule has 0 unspecified atom stereocenters. The number of carbonyl (C=O) groups is 1. The molecular weight excluding hydrogens is 262 g/mol. The number of aromatic nitrogens is 1. The summed E-state index contributed by atoms with van der Waals surface area (Å²) in [6, 6.07) is 13.2. The monoisotopic (exact) mass is 281 g/mol. The highest BCUT2D eigenvalue weighted by Gasteiger charge is 2.07. The standard InChI is InChI=1S/C18H19NO2/c1-14(2)13-18(20)21-17-10-7-15(8-11-17)6-9-16-5-3-4-12-19-16/h3-12,14H,13H2,1-2H3/b9-6+. The topological polar surface area (TPSA) is 39.2 Å². The summed E-state index contributed by atoms with van der Waals surface area (Å²) in [6.45, 7) is 3.99. The van der Waals surface area contributed by atoms with Gasteiger partial charge in [0.2, 0.25) is 0 Å². The number of esters is 1. The number of rotatable bonds is 5. The fraction of sp³-hybridized carbons (Fsp3) is 0.222. The molecule has 0 atom stereocenters. The van der Waals surface area contributed by atoms with E-state index in [1.165, 1.54) is 0 Å². The van der Waals surface area contributed by atoms with Gasteiger partial charge in [0.1, 0.15) is 5.75 Å². The summed E-state index contributed by atoms with van der Waals surface area (Å²) in [5, 5.41) is 0. The fourth-order valence-corrected chi connectivity index (χ4v) is 1.81. The van der Waals surface area contributed by atoms with E-state index in [0.29, 0.717) is 18.1 Å². The van der Waals surface area contributed by atoms with Crippen molar-refractivity contribution in [1.82, 2.24) is 4.98 Å². The molecule has 0 bridgehead atoms. The van der Waals surface area contributed by atoms with Gasteiger partial charge < -0.3 is 4.74 Å². The Labute approximate surface area is 125 Å². The minimum atomic E-state index is -0.193. The second kappa shape index (κ2) is 7.39. The van der Waals surface area contributed by atoms with Crippen molar-refractivity contribution in [3.8, 4) is 5.75 Å². The third kappa shape index (κ3) is 5.22. The van der Waals surface area contributed by atoms with Crippen molar-refractivity contribution in [2.24, 2.45) is 5.92 Å². The SMILES string of the molecule is CC(C)CC(=O)Oc1ccc(/C=C/c2ccccn2)cc1. The van der Waals surface area contributed by atoms with E-state index < -0.39 is 0 Å². The molecule has 3 heteroatoms. The molecular formula is C18H19NO2. The van der Waals surface area contributed by atoms with Gasteiger partial charge >= 0.3 is 5.97 Å². The Kier molecular flexibility index (Phi) is 5.27. The maximum absolute atomic E-state index is 11.6. The van der Waals surface area contributed by atoms with Crippen LogP contribution in [0, 0.1) is 5.92 Å². The zero-order chi connectivity index (χ0) is 15.1. The minimum Gasteiger partial charge on any atom is -0.427 e. The first-order valence-corrected chi connectivity index (χ1v) is 7.03. The zero-order valence-corrected chi connectivity index (χ0v) is 12.3. The number of pyridine rings is 1. The molecule has 2 aromatic rings. The van der Waals surface area contributed by atoms with Gasteiger partial charge in [0.15, 0.2) is 0 Å². The molecule has 108 valence electrons. The molecule has 2 rings (SSSR count). The lowest BCUT2D eigenvalue weighted by Gasteiger charge is -2.06. The van der Waals surface area contributed by atoms with Crippen LogP contribution in [0.3, 0.4) is 0 Å². The van der Waals surface area contributed by atoms with Crippen LogP contribution in [0.1, 0.15) is 31.5 Å². The molecule has 0 N–H and O–H groups in total. The smallest absolute Gasteiger partial charge is 0.311 e. The van der Waals surface area contributed by atoms with E-state index in [9.17, 15) is 4.79 Å². The molecule has 0 spiro atoms. The van der Waals surface area contributed by atoms with Gasteiger partial charge in [-0.2, -0.15) is 0 Å². The Morgan fingerprint density at radius 3 is 2.52 bits per heavy atom. The molecule has 21 heavy (non-hydrogen) atoms. The summed E-state index contributed by atoms with van der Waals surface area (Å²) >= 11 is 0. The highest BCUT2D eigenvalue weighted by Crippen LogP contribution is 2.15. The first-order valence-electron chi connectivity index (χ1n) is 7.03. The van der Waals surface area contributed by atoms with Crippen molar-refractivity contribution >= 4 is 18.1 Å². The third-order valence-electron chi connectivity index (χ3n) is 2.82. The molecule has 1 aromatic heterocycles. The van der Waals surface area contributed by atoms with Gasteiger partial charge in [0.05, 0.1) is 5.69 Å². The van der Waals surface area contributed by atoms with Crippen LogP contribution >= 0.6 is 0 Å². The number of hydrogen-bond acceptors (Lipinski definition) is 3. The molecule has 0 aliphatic carbocycles. The van der Waals surface area contributed by atoms with Crippen LogP contribution in [0.25, 0.3) is 12.2 Å². The van der Waals surface area contributed by atoms with E-state index in [-0.39, 0.29) is 5.97 Å². The van der Waals surface area contributed by atoms with Crippen LogP contribution in [0.15, 0.2) is 48.7 Å². The summed E-state index contributed by atoms with van der Waals surface area (Å²) in [6.07, 6.45) is 6.11. The van der Waals surface area contributed by atoms with Gasteiger partial charge in [-0.3, -0.25) is 9.78 Å². The Morgan fingerprint density at radius 1 is 1.14 bits per heavy atom. The molecule has 0 amide bonds. The zero-order valence-electron chi connectivity index (χ0n) is 12.3. The van der Waals surface area contributed by atoms with E-state index in [4.69, 9.17) is 4.74 Å². The van der Waals surface area contributed by atoms with Gasteiger partial charge in [-0.15, -0.1) is 0 Å². The van der Waals surface area contributed by atoms with Crippen molar-refractivity contribution in [1.29, 1.82) is 0 Å². The van der Waals surface area contributed by atoms with Crippen LogP contribution in [0.2, 0.25) is 0 Å². The van der Waals surface area contributed by atoms with E-state index in [1.807, 2.05) is 56.3 Å². The van der Waals surface area contributed by atoms with Gasteiger partial charge in [0, 0.05) is 12.6 Å². The Hall–Kier alpha value is -2.42. The van der Waals surface area contributed by atoms with Crippen LogP contribution in [0.5, 0.6) is 5.75 Å². The van der Waals surface area contributed by atoms with E-state index in [2.05, 4.69) is 4.98 Å².